The van der Waals surface area contributed by atoms with E-state index in [1.54, 1.807) is 12.1 Å². The van der Waals surface area contributed by atoms with Crippen molar-refractivity contribution < 1.29 is 9.66 Å². The summed E-state index contributed by atoms with van der Waals surface area (Å²) in [5.41, 5.74) is 6.21. The van der Waals surface area contributed by atoms with Crippen molar-refractivity contribution in [2.45, 2.75) is 25.5 Å². The molecular formula is C10H12N2O3. The van der Waals surface area contributed by atoms with Gasteiger partial charge in [0, 0.05) is 18.2 Å². The van der Waals surface area contributed by atoms with Gasteiger partial charge < -0.3 is 10.5 Å². The van der Waals surface area contributed by atoms with Crippen molar-refractivity contribution in [3.05, 3.63) is 33.9 Å². The van der Waals surface area contributed by atoms with Crippen LogP contribution in [-0.2, 0) is 6.54 Å². The SMILES string of the molecule is NCc1cccc([N+](=O)[O-])c1OC1CC1. The molecule has 2 rings (SSSR count). The maximum Gasteiger partial charge on any atom is 0.311 e. The number of nitrogens with two attached hydrogens (primary N) is 1. The number of ether oxygens (including phenoxy) is 1. The lowest BCUT2D eigenvalue weighted by Crippen LogP contribution is -2.06. The van der Waals surface area contributed by atoms with Crippen molar-refractivity contribution in [2.75, 3.05) is 0 Å². The zero-order chi connectivity index (χ0) is 10.8. The van der Waals surface area contributed by atoms with E-state index in [0.717, 1.165) is 12.8 Å². The molecule has 5 heteroatoms. The molecule has 0 unspecified atom stereocenters. The molecule has 0 amide bonds. The average Bonchev–Trinajstić information content (AvgIpc) is 3.01. The molecule has 5 nitrogen and oxygen atoms in total. The molecule has 1 aromatic rings. The number of nitrogens with zero attached hydrogens (tertiary/aromatic N) is 1. The number of hydrogen-bond acceptors (Lipinski definition) is 4. The summed E-state index contributed by atoms with van der Waals surface area (Å²) in [5.74, 6) is 0.340. The molecule has 1 aromatic carbocycles. The van der Waals surface area contributed by atoms with E-state index in [2.05, 4.69) is 0 Å². The molecule has 0 saturated heterocycles. The van der Waals surface area contributed by atoms with Crippen molar-refractivity contribution in [3.8, 4) is 5.75 Å². The highest BCUT2D eigenvalue weighted by molar-refractivity contribution is 5.52. The van der Waals surface area contributed by atoms with Crippen molar-refractivity contribution >= 4 is 5.69 Å². The third-order valence-corrected chi connectivity index (χ3v) is 2.30. The Kier molecular flexibility index (Phi) is 2.55. The Labute approximate surface area is 87.0 Å². The number of hydrogen-bond donors (Lipinski definition) is 1. The van der Waals surface area contributed by atoms with Crippen LogP contribution < -0.4 is 10.5 Å². The van der Waals surface area contributed by atoms with Crippen LogP contribution in [0.5, 0.6) is 5.75 Å². The molecular weight excluding hydrogens is 196 g/mol. The summed E-state index contributed by atoms with van der Waals surface area (Å²) in [6.07, 6.45) is 2.07. The third kappa shape index (κ3) is 2.07. The van der Waals surface area contributed by atoms with Crippen LogP contribution in [0.1, 0.15) is 18.4 Å². The van der Waals surface area contributed by atoms with E-state index in [1.807, 2.05) is 0 Å². The highest BCUT2D eigenvalue weighted by atomic mass is 16.6. The molecule has 0 bridgehead atoms. The summed E-state index contributed by atoms with van der Waals surface area (Å²) >= 11 is 0. The smallest absolute Gasteiger partial charge is 0.311 e. The average molecular weight is 208 g/mol. The van der Waals surface area contributed by atoms with E-state index in [1.165, 1.54) is 6.07 Å². The standard InChI is InChI=1S/C10H12N2O3/c11-6-7-2-1-3-9(12(13)14)10(7)15-8-4-5-8/h1-3,8H,4-6,11H2. The van der Waals surface area contributed by atoms with Gasteiger partial charge in [0.25, 0.3) is 0 Å². The minimum atomic E-state index is -0.434. The van der Waals surface area contributed by atoms with Gasteiger partial charge in [-0.15, -0.1) is 0 Å². The second kappa shape index (κ2) is 3.86. The zero-order valence-electron chi connectivity index (χ0n) is 8.18. The second-order valence-electron chi connectivity index (χ2n) is 3.54. The first-order valence-corrected chi connectivity index (χ1v) is 4.85. The number of para-hydroxylation sites is 1. The van der Waals surface area contributed by atoms with Crippen molar-refractivity contribution in [1.29, 1.82) is 0 Å². The summed E-state index contributed by atoms with van der Waals surface area (Å²) in [7, 11) is 0. The lowest BCUT2D eigenvalue weighted by Gasteiger charge is -2.09. The normalized spacial score (nSPS) is 15.0. The van der Waals surface area contributed by atoms with Gasteiger partial charge in [-0.1, -0.05) is 12.1 Å². The molecule has 2 N–H and O–H groups in total. The Morgan fingerprint density at radius 2 is 2.27 bits per heavy atom. The second-order valence-corrected chi connectivity index (χ2v) is 3.54. The summed E-state index contributed by atoms with van der Waals surface area (Å²) in [6, 6.07) is 4.82. The molecule has 1 aliphatic carbocycles. The molecule has 80 valence electrons. The first-order chi connectivity index (χ1) is 7.22. The third-order valence-electron chi connectivity index (χ3n) is 2.30. The van der Waals surface area contributed by atoms with Crippen molar-refractivity contribution in [1.82, 2.24) is 0 Å². The van der Waals surface area contributed by atoms with Gasteiger partial charge in [0.2, 0.25) is 5.75 Å². The van der Waals surface area contributed by atoms with Crippen LogP contribution in [0, 0.1) is 10.1 Å². The Hall–Kier alpha value is -1.62. The van der Waals surface area contributed by atoms with Gasteiger partial charge in [-0.3, -0.25) is 10.1 Å². The van der Waals surface area contributed by atoms with Crippen LogP contribution in [0.15, 0.2) is 18.2 Å². The summed E-state index contributed by atoms with van der Waals surface area (Å²) in [4.78, 5) is 10.3. The van der Waals surface area contributed by atoms with Gasteiger partial charge >= 0.3 is 5.69 Å². The molecule has 0 spiro atoms. The molecule has 1 fully saturated rings. The first kappa shape index (κ1) is 9.92. The lowest BCUT2D eigenvalue weighted by molar-refractivity contribution is -0.386. The van der Waals surface area contributed by atoms with Crippen molar-refractivity contribution in [2.24, 2.45) is 5.73 Å². The Morgan fingerprint density at radius 1 is 1.53 bits per heavy atom. The Bertz CT molecular complexity index is 388. The topological polar surface area (TPSA) is 78.4 Å². The van der Waals surface area contributed by atoms with Crippen molar-refractivity contribution in [3.63, 3.8) is 0 Å². The molecule has 0 atom stereocenters. The summed E-state index contributed by atoms with van der Waals surface area (Å²) < 4.78 is 5.52. The fourth-order valence-electron chi connectivity index (χ4n) is 1.36. The number of benzene rings is 1. The molecule has 1 aliphatic rings. The molecule has 0 aliphatic heterocycles. The Morgan fingerprint density at radius 3 is 2.80 bits per heavy atom. The number of nitro benzene ring substituents is 1. The first-order valence-electron chi connectivity index (χ1n) is 4.85. The number of rotatable bonds is 4. The van der Waals surface area contributed by atoms with Gasteiger partial charge in [-0.2, -0.15) is 0 Å². The Balaban J connectivity index is 2.38. The van der Waals surface area contributed by atoms with Crippen LogP contribution in [-0.4, -0.2) is 11.0 Å². The van der Waals surface area contributed by atoms with E-state index < -0.39 is 4.92 Å². The lowest BCUT2D eigenvalue weighted by atomic mass is 10.1. The quantitative estimate of drug-likeness (QED) is 0.602. The predicted molar refractivity (Wildman–Crippen MR) is 54.6 cm³/mol. The monoisotopic (exact) mass is 208 g/mol. The van der Waals surface area contributed by atoms with Crippen LogP contribution in [0.25, 0.3) is 0 Å². The highest BCUT2D eigenvalue weighted by Gasteiger charge is 2.28. The number of nitro groups is 1. The fraction of sp³-hybridized carbons (Fsp3) is 0.400. The minimum absolute atomic E-state index is 0.00449. The maximum atomic E-state index is 10.8. The molecule has 0 heterocycles. The summed E-state index contributed by atoms with van der Waals surface area (Å²) in [5, 5.41) is 10.8. The van der Waals surface area contributed by atoms with Gasteiger partial charge in [-0.05, 0) is 12.8 Å². The van der Waals surface area contributed by atoms with E-state index in [0.29, 0.717) is 11.3 Å². The zero-order valence-corrected chi connectivity index (χ0v) is 8.18. The van der Waals surface area contributed by atoms with Crippen LogP contribution >= 0.6 is 0 Å². The molecule has 0 aromatic heterocycles. The minimum Gasteiger partial charge on any atom is -0.483 e. The van der Waals surface area contributed by atoms with E-state index in [-0.39, 0.29) is 18.3 Å². The largest absolute Gasteiger partial charge is 0.483 e. The van der Waals surface area contributed by atoms with E-state index in [9.17, 15) is 10.1 Å². The van der Waals surface area contributed by atoms with Gasteiger partial charge in [-0.25, -0.2) is 0 Å². The predicted octanol–water partition coefficient (Wildman–Crippen LogP) is 1.59. The van der Waals surface area contributed by atoms with Crippen LogP contribution in [0.4, 0.5) is 5.69 Å². The molecule has 15 heavy (non-hydrogen) atoms. The van der Waals surface area contributed by atoms with Crippen LogP contribution in [0.3, 0.4) is 0 Å². The van der Waals surface area contributed by atoms with Gasteiger partial charge in [0.1, 0.15) is 0 Å². The van der Waals surface area contributed by atoms with E-state index >= 15 is 0 Å². The summed E-state index contributed by atoms with van der Waals surface area (Å²) in [6.45, 7) is 0.254. The molecule has 1 saturated carbocycles. The maximum absolute atomic E-state index is 10.8. The molecule has 0 radical (unpaired) electrons. The van der Waals surface area contributed by atoms with E-state index in [4.69, 9.17) is 10.5 Å². The highest BCUT2D eigenvalue weighted by Crippen LogP contribution is 2.35. The fourth-order valence-corrected chi connectivity index (χ4v) is 1.36. The van der Waals surface area contributed by atoms with Gasteiger partial charge in [0.05, 0.1) is 11.0 Å². The van der Waals surface area contributed by atoms with Gasteiger partial charge in [0.15, 0.2) is 0 Å². The van der Waals surface area contributed by atoms with Crippen LogP contribution in [0.2, 0.25) is 0 Å².